The predicted octanol–water partition coefficient (Wildman–Crippen LogP) is 0.852. The Kier molecular flexibility index (Phi) is 8.67. The molecule has 10 nitrogen and oxygen atoms in total. The van der Waals surface area contributed by atoms with E-state index in [1.165, 1.54) is 6.92 Å². The number of hydrogen-bond acceptors (Lipinski definition) is 10. The predicted molar refractivity (Wildman–Crippen MR) is 106 cm³/mol. The van der Waals surface area contributed by atoms with Gasteiger partial charge in [-0.25, -0.2) is 0 Å². The second-order valence-corrected chi connectivity index (χ2v) is 8.58. The number of ether oxygens (including phenoxy) is 7. The first kappa shape index (κ1) is 24.8. The number of aliphatic hydroxyl groups excluding tert-OH is 2. The van der Waals surface area contributed by atoms with Gasteiger partial charge in [-0.05, 0) is 27.2 Å². The van der Waals surface area contributed by atoms with Crippen LogP contribution in [0.3, 0.4) is 0 Å². The second kappa shape index (κ2) is 10.8. The number of carbonyl (C=O) groups is 1. The van der Waals surface area contributed by atoms with Crippen LogP contribution in [0, 0.1) is 0 Å². The van der Waals surface area contributed by atoms with Crippen LogP contribution in [-0.2, 0) is 38.0 Å². The highest BCUT2D eigenvalue weighted by Crippen LogP contribution is 2.32. The van der Waals surface area contributed by atoms with Crippen LogP contribution < -0.4 is 0 Å². The van der Waals surface area contributed by atoms with E-state index in [4.69, 9.17) is 33.2 Å². The molecule has 3 aliphatic heterocycles. The first-order chi connectivity index (χ1) is 14.7. The van der Waals surface area contributed by atoms with Crippen molar-refractivity contribution in [2.45, 2.75) is 121 Å². The molecule has 0 bridgehead atoms. The minimum atomic E-state index is -0.916. The van der Waals surface area contributed by atoms with E-state index in [0.717, 1.165) is 0 Å². The SMILES string of the molecule is COC1CC(OC2CCC(OC3CC(O)C(O)C(C)O3)C(C)O2)C(OC(C)=O)C(C)O1. The van der Waals surface area contributed by atoms with E-state index >= 15 is 0 Å². The van der Waals surface area contributed by atoms with E-state index in [1.54, 1.807) is 14.0 Å². The summed E-state index contributed by atoms with van der Waals surface area (Å²) in [6.07, 6.45) is -3.83. The average Bonchev–Trinajstić information content (AvgIpc) is 2.70. The minimum absolute atomic E-state index is 0.205. The van der Waals surface area contributed by atoms with Crippen LogP contribution in [-0.4, -0.2) is 91.0 Å². The molecule has 0 aromatic rings. The summed E-state index contributed by atoms with van der Waals surface area (Å²) in [5.74, 6) is -0.398. The molecule has 31 heavy (non-hydrogen) atoms. The van der Waals surface area contributed by atoms with Crippen molar-refractivity contribution in [2.75, 3.05) is 7.11 Å². The third-order valence-corrected chi connectivity index (χ3v) is 6.09. The van der Waals surface area contributed by atoms with Crippen molar-refractivity contribution in [1.29, 1.82) is 0 Å². The summed E-state index contributed by atoms with van der Waals surface area (Å²) in [4.78, 5) is 11.5. The molecule has 3 aliphatic rings. The summed E-state index contributed by atoms with van der Waals surface area (Å²) in [6.45, 7) is 6.78. The molecular weight excluding hydrogens is 412 g/mol. The van der Waals surface area contributed by atoms with Gasteiger partial charge in [-0.15, -0.1) is 0 Å². The Bertz CT molecular complexity index is 577. The van der Waals surface area contributed by atoms with Crippen molar-refractivity contribution in [3.63, 3.8) is 0 Å². The highest BCUT2D eigenvalue weighted by atomic mass is 16.7. The molecular formula is C21H36O10. The molecule has 0 aromatic carbocycles. The Labute approximate surface area is 183 Å². The Hall–Kier alpha value is -0.850. The van der Waals surface area contributed by atoms with Crippen LogP contribution in [0.5, 0.6) is 0 Å². The average molecular weight is 449 g/mol. The summed E-state index contributed by atoms with van der Waals surface area (Å²) in [7, 11) is 1.56. The minimum Gasteiger partial charge on any atom is -0.457 e. The molecule has 11 atom stereocenters. The van der Waals surface area contributed by atoms with Gasteiger partial charge in [0, 0.05) is 33.3 Å². The standard InChI is InChI=1S/C21H36O10/c1-10-15(30-19-8-14(23)20(24)11(2)27-19)6-7-17(26-10)31-16-9-18(25-5)28-12(3)21(16)29-13(4)22/h10-12,14-21,23-24H,6-9H2,1-5H3. The molecule has 3 rings (SSSR count). The van der Waals surface area contributed by atoms with Crippen molar-refractivity contribution in [1.82, 2.24) is 0 Å². The zero-order valence-corrected chi connectivity index (χ0v) is 18.8. The number of methoxy groups -OCH3 is 1. The summed E-state index contributed by atoms with van der Waals surface area (Å²) in [6, 6.07) is 0. The molecule has 3 fully saturated rings. The largest absolute Gasteiger partial charge is 0.457 e. The van der Waals surface area contributed by atoms with Gasteiger partial charge in [0.25, 0.3) is 0 Å². The number of rotatable bonds is 6. The highest BCUT2D eigenvalue weighted by Gasteiger charge is 2.43. The van der Waals surface area contributed by atoms with Gasteiger partial charge >= 0.3 is 5.97 Å². The Morgan fingerprint density at radius 1 is 0.839 bits per heavy atom. The van der Waals surface area contributed by atoms with Crippen LogP contribution in [0.15, 0.2) is 0 Å². The van der Waals surface area contributed by atoms with E-state index in [2.05, 4.69) is 0 Å². The fourth-order valence-electron chi connectivity index (χ4n) is 4.36. The number of esters is 1. The van der Waals surface area contributed by atoms with Crippen LogP contribution in [0.4, 0.5) is 0 Å². The lowest BCUT2D eigenvalue weighted by Crippen LogP contribution is -2.53. The molecule has 3 saturated heterocycles. The lowest BCUT2D eigenvalue weighted by Gasteiger charge is -2.43. The van der Waals surface area contributed by atoms with Gasteiger partial charge in [0.2, 0.25) is 0 Å². The molecule has 10 heteroatoms. The lowest BCUT2D eigenvalue weighted by atomic mass is 10.0. The van der Waals surface area contributed by atoms with Crippen LogP contribution in [0.1, 0.15) is 53.4 Å². The van der Waals surface area contributed by atoms with E-state index in [9.17, 15) is 15.0 Å². The monoisotopic (exact) mass is 448 g/mol. The fraction of sp³-hybridized carbons (Fsp3) is 0.952. The molecule has 0 aliphatic carbocycles. The topological polar surface area (TPSA) is 122 Å². The molecule has 0 aromatic heterocycles. The number of carbonyl (C=O) groups excluding carboxylic acids is 1. The number of hydrogen-bond donors (Lipinski definition) is 2. The molecule has 180 valence electrons. The van der Waals surface area contributed by atoms with Crippen LogP contribution in [0.25, 0.3) is 0 Å². The third kappa shape index (κ3) is 6.35. The van der Waals surface area contributed by atoms with Gasteiger partial charge in [-0.3, -0.25) is 4.79 Å². The van der Waals surface area contributed by atoms with Gasteiger partial charge < -0.3 is 43.4 Å². The summed E-state index contributed by atoms with van der Waals surface area (Å²) in [5, 5.41) is 19.8. The number of aliphatic hydroxyl groups is 2. The quantitative estimate of drug-likeness (QED) is 0.566. The van der Waals surface area contributed by atoms with Crippen molar-refractivity contribution >= 4 is 5.97 Å². The summed E-state index contributed by atoms with van der Waals surface area (Å²) in [5.41, 5.74) is 0. The Morgan fingerprint density at radius 3 is 2.10 bits per heavy atom. The van der Waals surface area contributed by atoms with Crippen molar-refractivity contribution in [3.8, 4) is 0 Å². The first-order valence-electron chi connectivity index (χ1n) is 11.0. The summed E-state index contributed by atoms with van der Waals surface area (Å²) >= 11 is 0. The molecule has 3 heterocycles. The Balaban J connectivity index is 1.54. The van der Waals surface area contributed by atoms with Gasteiger partial charge in [0.1, 0.15) is 12.2 Å². The van der Waals surface area contributed by atoms with Gasteiger partial charge in [0.15, 0.2) is 25.0 Å². The zero-order chi connectivity index (χ0) is 22.7. The van der Waals surface area contributed by atoms with Gasteiger partial charge in [-0.2, -0.15) is 0 Å². The normalized spacial score (nSPS) is 46.5. The lowest BCUT2D eigenvalue weighted by molar-refractivity contribution is -0.315. The van der Waals surface area contributed by atoms with E-state index < -0.39 is 55.4 Å². The smallest absolute Gasteiger partial charge is 0.303 e. The van der Waals surface area contributed by atoms with Crippen LogP contribution >= 0.6 is 0 Å². The maximum atomic E-state index is 11.5. The highest BCUT2D eigenvalue weighted by molar-refractivity contribution is 5.66. The van der Waals surface area contributed by atoms with Gasteiger partial charge in [0.05, 0.1) is 30.5 Å². The molecule has 0 saturated carbocycles. The summed E-state index contributed by atoms with van der Waals surface area (Å²) < 4.78 is 40.4. The van der Waals surface area contributed by atoms with E-state index in [-0.39, 0.29) is 24.7 Å². The molecule has 0 radical (unpaired) electrons. The maximum absolute atomic E-state index is 11.5. The second-order valence-electron chi connectivity index (χ2n) is 8.58. The van der Waals surface area contributed by atoms with Crippen molar-refractivity contribution < 1.29 is 48.2 Å². The van der Waals surface area contributed by atoms with Crippen LogP contribution in [0.2, 0.25) is 0 Å². The van der Waals surface area contributed by atoms with Gasteiger partial charge in [-0.1, -0.05) is 0 Å². The fourth-order valence-corrected chi connectivity index (χ4v) is 4.36. The Morgan fingerprint density at radius 2 is 1.48 bits per heavy atom. The molecule has 2 N–H and O–H groups in total. The van der Waals surface area contributed by atoms with E-state index in [0.29, 0.717) is 19.3 Å². The maximum Gasteiger partial charge on any atom is 0.303 e. The molecule has 0 amide bonds. The zero-order valence-electron chi connectivity index (χ0n) is 18.8. The van der Waals surface area contributed by atoms with E-state index in [1.807, 2.05) is 13.8 Å². The molecule has 0 spiro atoms. The first-order valence-corrected chi connectivity index (χ1v) is 11.0. The van der Waals surface area contributed by atoms with Crippen molar-refractivity contribution in [2.24, 2.45) is 0 Å². The third-order valence-electron chi connectivity index (χ3n) is 6.09. The van der Waals surface area contributed by atoms with Crippen molar-refractivity contribution in [3.05, 3.63) is 0 Å². The molecule has 11 unspecified atom stereocenters.